The fourth-order valence-electron chi connectivity index (χ4n) is 3.01. The molecule has 0 aliphatic carbocycles. The van der Waals surface area contributed by atoms with Gasteiger partial charge in [0.25, 0.3) is 5.91 Å². The number of phenols is 1. The molecule has 0 saturated heterocycles. The molecule has 0 aromatic heterocycles. The number of aromatic hydroxyl groups is 1. The van der Waals surface area contributed by atoms with Crippen LogP contribution < -0.4 is 10.2 Å². The van der Waals surface area contributed by atoms with Crippen molar-refractivity contribution in [1.29, 1.82) is 0 Å². The van der Waals surface area contributed by atoms with E-state index in [1.54, 1.807) is 72.8 Å². The van der Waals surface area contributed by atoms with E-state index in [4.69, 9.17) is 4.74 Å². The molecule has 6 nitrogen and oxygen atoms in total. The molecule has 6 heteroatoms. The van der Waals surface area contributed by atoms with E-state index < -0.39 is 11.5 Å². The van der Waals surface area contributed by atoms with Crippen LogP contribution in [0, 0.1) is 0 Å². The molecular formula is C24H24N2O4. The van der Waals surface area contributed by atoms with Gasteiger partial charge in [-0.1, -0.05) is 60.7 Å². The molecular weight excluding hydrogens is 380 g/mol. The minimum absolute atomic E-state index is 0.0168. The summed E-state index contributed by atoms with van der Waals surface area (Å²) in [5, 5.41) is 25.4. The molecule has 0 heterocycles. The first-order chi connectivity index (χ1) is 14.4. The normalized spacial score (nSPS) is 11.6. The maximum atomic E-state index is 13.0. The molecule has 0 aliphatic rings. The second kappa shape index (κ2) is 9.24. The Morgan fingerprint density at radius 2 is 1.57 bits per heavy atom. The molecule has 0 spiro atoms. The molecule has 30 heavy (non-hydrogen) atoms. The van der Waals surface area contributed by atoms with Crippen LogP contribution >= 0.6 is 0 Å². The summed E-state index contributed by atoms with van der Waals surface area (Å²) in [6.45, 7) is 3.78. The summed E-state index contributed by atoms with van der Waals surface area (Å²) in [5.74, 6) is -0.214. The van der Waals surface area contributed by atoms with Gasteiger partial charge in [-0.3, -0.25) is 4.79 Å². The van der Waals surface area contributed by atoms with Crippen LogP contribution in [0.4, 0.5) is 0 Å². The summed E-state index contributed by atoms with van der Waals surface area (Å²) < 4.78 is 5.53. The zero-order valence-electron chi connectivity index (χ0n) is 16.8. The van der Waals surface area contributed by atoms with Crippen molar-refractivity contribution in [2.45, 2.75) is 25.6 Å². The van der Waals surface area contributed by atoms with Crippen molar-refractivity contribution in [3.05, 3.63) is 95.6 Å². The van der Waals surface area contributed by atoms with Gasteiger partial charge < -0.3 is 14.9 Å². The Morgan fingerprint density at radius 3 is 2.07 bits per heavy atom. The molecule has 0 atom stereocenters. The molecule has 0 bridgehead atoms. The number of benzene rings is 3. The standard InChI is InChI=1S/C24H24N2O4/c1-17(2)30-21-14-13-18(22(27)15-21)16-25-26-23(28)24(29,19-9-5-3-6-10-19)20-11-7-4-8-12-20/h3-17,27,29H,1-2H3,(H,26,28). The van der Waals surface area contributed by atoms with Crippen molar-refractivity contribution in [1.82, 2.24) is 5.43 Å². The summed E-state index contributed by atoms with van der Waals surface area (Å²) in [5.41, 5.74) is 1.70. The van der Waals surface area contributed by atoms with Gasteiger partial charge in [0, 0.05) is 11.6 Å². The number of rotatable bonds is 7. The third kappa shape index (κ3) is 4.67. The largest absolute Gasteiger partial charge is 0.507 e. The van der Waals surface area contributed by atoms with E-state index in [-0.39, 0.29) is 11.9 Å². The van der Waals surface area contributed by atoms with Gasteiger partial charge in [0.2, 0.25) is 0 Å². The first-order valence-electron chi connectivity index (χ1n) is 9.58. The number of amides is 1. The van der Waals surface area contributed by atoms with Crippen molar-refractivity contribution >= 4 is 12.1 Å². The van der Waals surface area contributed by atoms with E-state index in [9.17, 15) is 15.0 Å². The third-order valence-corrected chi connectivity index (χ3v) is 4.46. The van der Waals surface area contributed by atoms with Gasteiger partial charge in [-0.15, -0.1) is 0 Å². The van der Waals surface area contributed by atoms with E-state index in [0.717, 1.165) is 0 Å². The van der Waals surface area contributed by atoms with Gasteiger partial charge in [-0.05, 0) is 37.1 Å². The second-order valence-corrected chi connectivity index (χ2v) is 7.03. The highest BCUT2D eigenvalue weighted by atomic mass is 16.5. The Labute approximate surface area is 175 Å². The molecule has 154 valence electrons. The number of ether oxygens (including phenoxy) is 1. The van der Waals surface area contributed by atoms with Crippen molar-refractivity contribution in [3.8, 4) is 11.5 Å². The topological polar surface area (TPSA) is 91.2 Å². The van der Waals surface area contributed by atoms with E-state index in [2.05, 4.69) is 10.5 Å². The minimum atomic E-state index is -1.92. The van der Waals surface area contributed by atoms with Crippen molar-refractivity contribution in [2.24, 2.45) is 5.10 Å². The Kier molecular flexibility index (Phi) is 6.49. The lowest BCUT2D eigenvalue weighted by Crippen LogP contribution is -2.43. The van der Waals surface area contributed by atoms with Crippen LogP contribution in [0.1, 0.15) is 30.5 Å². The highest BCUT2D eigenvalue weighted by Crippen LogP contribution is 2.30. The van der Waals surface area contributed by atoms with Crippen LogP contribution in [0.3, 0.4) is 0 Å². The van der Waals surface area contributed by atoms with Crippen molar-refractivity contribution in [3.63, 3.8) is 0 Å². The molecule has 3 rings (SSSR count). The van der Waals surface area contributed by atoms with E-state index in [1.807, 2.05) is 13.8 Å². The average molecular weight is 404 g/mol. The SMILES string of the molecule is CC(C)Oc1ccc(C=NNC(=O)C(O)(c2ccccc2)c2ccccc2)c(O)c1. The summed E-state index contributed by atoms with van der Waals surface area (Å²) in [6, 6.07) is 22.1. The van der Waals surface area contributed by atoms with Gasteiger partial charge in [0.1, 0.15) is 11.5 Å². The molecule has 0 fully saturated rings. The first-order valence-corrected chi connectivity index (χ1v) is 9.58. The lowest BCUT2D eigenvalue weighted by Gasteiger charge is -2.27. The molecule has 3 aromatic rings. The average Bonchev–Trinajstić information content (AvgIpc) is 2.75. The number of carbonyl (C=O) groups is 1. The van der Waals surface area contributed by atoms with E-state index >= 15 is 0 Å². The molecule has 0 aliphatic heterocycles. The highest BCUT2D eigenvalue weighted by Gasteiger charge is 2.39. The maximum Gasteiger partial charge on any atom is 0.281 e. The van der Waals surface area contributed by atoms with E-state index in [0.29, 0.717) is 22.4 Å². The number of phenolic OH excluding ortho intramolecular Hbond substituents is 1. The zero-order chi connectivity index (χ0) is 21.6. The van der Waals surface area contributed by atoms with Gasteiger partial charge in [0.05, 0.1) is 12.3 Å². The zero-order valence-corrected chi connectivity index (χ0v) is 16.8. The molecule has 0 unspecified atom stereocenters. The maximum absolute atomic E-state index is 13.0. The quantitative estimate of drug-likeness (QED) is 0.415. The first kappa shape index (κ1) is 21.1. The van der Waals surface area contributed by atoms with Crippen molar-refractivity contribution in [2.75, 3.05) is 0 Å². The molecule has 0 radical (unpaired) electrons. The summed E-state index contributed by atoms with van der Waals surface area (Å²) in [6.07, 6.45) is 1.29. The van der Waals surface area contributed by atoms with Crippen molar-refractivity contribution < 1.29 is 19.7 Å². The predicted octanol–water partition coefficient (Wildman–Crippen LogP) is 3.57. The number of hydrogen-bond donors (Lipinski definition) is 3. The van der Waals surface area contributed by atoms with Gasteiger partial charge in [-0.2, -0.15) is 5.10 Å². The minimum Gasteiger partial charge on any atom is -0.507 e. The monoisotopic (exact) mass is 404 g/mol. The Hall–Kier alpha value is -3.64. The van der Waals surface area contributed by atoms with Gasteiger partial charge >= 0.3 is 0 Å². The summed E-state index contributed by atoms with van der Waals surface area (Å²) in [7, 11) is 0. The molecule has 3 N–H and O–H groups in total. The fourth-order valence-corrected chi connectivity index (χ4v) is 3.01. The lowest BCUT2D eigenvalue weighted by atomic mass is 9.85. The Balaban J connectivity index is 1.82. The number of nitrogens with one attached hydrogen (secondary N) is 1. The smallest absolute Gasteiger partial charge is 0.281 e. The van der Waals surface area contributed by atoms with Gasteiger partial charge in [-0.25, -0.2) is 5.43 Å². The van der Waals surface area contributed by atoms with Crippen LogP contribution in [0.15, 0.2) is 84.0 Å². The highest BCUT2D eigenvalue weighted by molar-refractivity contribution is 5.91. The van der Waals surface area contributed by atoms with E-state index in [1.165, 1.54) is 12.3 Å². The number of aliphatic hydroxyl groups is 1. The molecule has 1 amide bonds. The Bertz CT molecular complexity index is 978. The second-order valence-electron chi connectivity index (χ2n) is 7.03. The Morgan fingerprint density at radius 1 is 1.00 bits per heavy atom. The van der Waals surface area contributed by atoms with Crippen LogP contribution in [0.25, 0.3) is 0 Å². The lowest BCUT2D eigenvalue weighted by molar-refractivity contribution is -0.136. The summed E-state index contributed by atoms with van der Waals surface area (Å²) in [4.78, 5) is 13.0. The third-order valence-electron chi connectivity index (χ3n) is 4.46. The number of nitrogens with zero attached hydrogens (tertiary/aromatic N) is 1. The van der Waals surface area contributed by atoms with Crippen LogP contribution in [0.5, 0.6) is 11.5 Å². The number of hydrogen-bond acceptors (Lipinski definition) is 5. The van der Waals surface area contributed by atoms with Crippen LogP contribution in [0.2, 0.25) is 0 Å². The molecule has 0 saturated carbocycles. The van der Waals surface area contributed by atoms with Crippen LogP contribution in [-0.4, -0.2) is 28.4 Å². The predicted molar refractivity (Wildman–Crippen MR) is 115 cm³/mol. The van der Waals surface area contributed by atoms with Gasteiger partial charge in [0.15, 0.2) is 5.60 Å². The number of carbonyl (C=O) groups excluding carboxylic acids is 1. The summed E-state index contributed by atoms with van der Waals surface area (Å²) >= 11 is 0. The fraction of sp³-hybridized carbons (Fsp3) is 0.167. The molecule has 3 aromatic carbocycles. The van der Waals surface area contributed by atoms with Crippen LogP contribution in [-0.2, 0) is 10.4 Å². The number of hydrazone groups is 1.